The second-order valence-electron chi connectivity index (χ2n) is 6.33. The number of benzene rings is 2. The number of furan rings is 1. The minimum absolute atomic E-state index is 0.0400. The molecule has 2 aromatic carbocycles. The predicted molar refractivity (Wildman–Crippen MR) is 101 cm³/mol. The third-order valence-corrected chi connectivity index (χ3v) is 5.20. The topological polar surface area (TPSA) is 38.0 Å². The third kappa shape index (κ3) is 2.57. The second-order valence-corrected chi connectivity index (χ2v) is 7.20. The van der Waals surface area contributed by atoms with Gasteiger partial charge in [-0.25, -0.2) is 5.01 Å². The fraction of sp³-hybridized carbons (Fsp3) is 0.150. The molecular weight excluding hydrogens is 371 g/mol. The maximum absolute atomic E-state index is 6.28. The van der Waals surface area contributed by atoms with E-state index in [1.54, 1.807) is 6.26 Å². The lowest BCUT2D eigenvalue weighted by molar-refractivity contribution is -0.0190. The van der Waals surface area contributed by atoms with E-state index in [4.69, 9.17) is 37.5 Å². The van der Waals surface area contributed by atoms with Gasteiger partial charge in [-0.3, -0.25) is 0 Å². The van der Waals surface area contributed by atoms with Crippen LogP contribution in [0.15, 0.2) is 70.4 Å². The standard InChI is InChI=1S/C20H14Cl2N2O2/c21-13-5-3-12(4-6-13)20-24-17(11-16(23-24)19-2-1-9-25-19)15-10-14(22)7-8-18(15)26-20/h1-10,17,20H,11H2/t17-,20-/m1/s1. The zero-order valence-electron chi connectivity index (χ0n) is 13.6. The zero-order valence-corrected chi connectivity index (χ0v) is 15.1. The average molecular weight is 385 g/mol. The van der Waals surface area contributed by atoms with Gasteiger partial charge >= 0.3 is 0 Å². The molecule has 0 bridgehead atoms. The molecule has 0 saturated carbocycles. The summed E-state index contributed by atoms with van der Waals surface area (Å²) in [5.74, 6) is 1.60. The van der Waals surface area contributed by atoms with E-state index in [0.29, 0.717) is 10.0 Å². The van der Waals surface area contributed by atoms with E-state index >= 15 is 0 Å². The highest BCUT2D eigenvalue weighted by Crippen LogP contribution is 2.48. The van der Waals surface area contributed by atoms with Crippen LogP contribution in [0, 0.1) is 0 Å². The van der Waals surface area contributed by atoms with Crippen molar-refractivity contribution < 1.29 is 9.15 Å². The quantitative estimate of drug-likeness (QED) is 0.557. The summed E-state index contributed by atoms with van der Waals surface area (Å²) in [7, 11) is 0. The summed E-state index contributed by atoms with van der Waals surface area (Å²) in [5.41, 5.74) is 2.92. The van der Waals surface area contributed by atoms with Crippen molar-refractivity contribution in [1.29, 1.82) is 0 Å². The summed E-state index contributed by atoms with van der Waals surface area (Å²) in [6.45, 7) is 0. The molecule has 0 saturated heterocycles. The molecule has 0 fully saturated rings. The Hall–Kier alpha value is -2.43. The molecule has 0 amide bonds. The smallest absolute Gasteiger partial charge is 0.213 e. The fourth-order valence-corrected chi connectivity index (χ4v) is 3.80. The molecule has 4 nitrogen and oxygen atoms in total. The predicted octanol–water partition coefficient (Wildman–Crippen LogP) is 5.83. The van der Waals surface area contributed by atoms with Gasteiger partial charge < -0.3 is 9.15 Å². The van der Waals surface area contributed by atoms with E-state index < -0.39 is 0 Å². The summed E-state index contributed by atoms with van der Waals surface area (Å²) in [6.07, 6.45) is 2.06. The first-order valence-electron chi connectivity index (χ1n) is 8.30. The molecule has 0 radical (unpaired) electrons. The van der Waals surface area contributed by atoms with Crippen molar-refractivity contribution in [2.24, 2.45) is 5.10 Å². The number of ether oxygens (including phenoxy) is 1. The molecule has 130 valence electrons. The van der Waals surface area contributed by atoms with Crippen LogP contribution in [-0.2, 0) is 0 Å². The minimum Gasteiger partial charge on any atom is -0.464 e. The lowest BCUT2D eigenvalue weighted by atomic mass is 9.97. The van der Waals surface area contributed by atoms with Crippen LogP contribution >= 0.6 is 23.2 Å². The van der Waals surface area contributed by atoms with Crippen molar-refractivity contribution in [2.45, 2.75) is 18.7 Å². The first-order valence-corrected chi connectivity index (χ1v) is 9.06. The molecular formula is C20H14Cl2N2O2. The van der Waals surface area contributed by atoms with E-state index in [1.165, 1.54) is 0 Å². The zero-order chi connectivity index (χ0) is 17.7. The van der Waals surface area contributed by atoms with Crippen LogP contribution in [0.4, 0.5) is 0 Å². The molecule has 1 aromatic heterocycles. The van der Waals surface area contributed by atoms with Gasteiger partial charge in [0.1, 0.15) is 17.2 Å². The van der Waals surface area contributed by atoms with Gasteiger partial charge in [-0.2, -0.15) is 5.10 Å². The number of hydrogen-bond donors (Lipinski definition) is 0. The molecule has 0 spiro atoms. The molecule has 3 heterocycles. The SMILES string of the molecule is Clc1ccc([C@H]2Oc3ccc(Cl)cc3[C@H]3CC(c4ccco4)=NN32)cc1. The Morgan fingerprint density at radius 1 is 1.00 bits per heavy atom. The molecule has 2 aliphatic rings. The summed E-state index contributed by atoms with van der Waals surface area (Å²) < 4.78 is 11.8. The molecule has 3 aromatic rings. The second kappa shape index (κ2) is 6.08. The Morgan fingerprint density at radius 3 is 2.58 bits per heavy atom. The van der Waals surface area contributed by atoms with Crippen LogP contribution in [0.5, 0.6) is 5.75 Å². The van der Waals surface area contributed by atoms with Gasteiger partial charge in [0, 0.05) is 27.6 Å². The fourth-order valence-electron chi connectivity index (χ4n) is 3.50. The number of hydrogen-bond acceptors (Lipinski definition) is 4. The average Bonchev–Trinajstić information content (AvgIpc) is 3.32. The molecule has 0 aliphatic carbocycles. The number of hydrazone groups is 1. The van der Waals surface area contributed by atoms with Crippen LogP contribution < -0.4 is 4.74 Å². The molecule has 2 aliphatic heterocycles. The lowest BCUT2D eigenvalue weighted by Gasteiger charge is -2.38. The Balaban J connectivity index is 1.61. The molecule has 0 N–H and O–H groups in total. The number of nitrogens with zero attached hydrogens (tertiary/aromatic N) is 2. The Kier molecular flexibility index (Phi) is 3.69. The van der Waals surface area contributed by atoms with Gasteiger partial charge in [0.2, 0.25) is 6.23 Å². The van der Waals surface area contributed by atoms with Crippen LogP contribution in [0.3, 0.4) is 0 Å². The first-order chi connectivity index (χ1) is 12.7. The summed E-state index contributed by atoms with van der Waals surface area (Å²) in [5, 5.41) is 8.18. The Labute approximate surface area is 160 Å². The highest BCUT2D eigenvalue weighted by Gasteiger charge is 2.41. The minimum atomic E-state index is -0.335. The molecule has 2 atom stereocenters. The lowest BCUT2D eigenvalue weighted by Crippen LogP contribution is -2.33. The normalized spacial score (nSPS) is 21.0. The van der Waals surface area contributed by atoms with Gasteiger partial charge in [0.15, 0.2) is 0 Å². The monoisotopic (exact) mass is 384 g/mol. The number of halogens is 2. The summed E-state index contributed by atoms with van der Waals surface area (Å²) >= 11 is 12.3. The van der Waals surface area contributed by atoms with E-state index in [1.807, 2.05) is 59.6 Å². The summed E-state index contributed by atoms with van der Waals surface area (Å²) in [4.78, 5) is 0. The number of fused-ring (bicyclic) bond motifs is 3. The van der Waals surface area contributed by atoms with E-state index in [-0.39, 0.29) is 12.3 Å². The van der Waals surface area contributed by atoms with Crippen molar-refractivity contribution in [3.8, 4) is 5.75 Å². The highest BCUT2D eigenvalue weighted by molar-refractivity contribution is 6.30. The maximum atomic E-state index is 6.28. The van der Waals surface area contributed by atoms with E-state index in [9.17, 15) is 0 Å². The van der Waals surface area contributed by atoms with Crippen LogP contribution in [0.2, 0.25) is 10.0 Å². The Morgan fingerprint density at radius 2 is 1.81 bits per heavy atom. The first kappa shape index (κ1) is 15.8. The van der Waals surface area contributed by atoms with E-state index in [2.05, 4.69) is 0 Å². The molecule has 0 unspecified atom stereocenters. The van der Waals surface area contributed by atoms with Crippen molar-refractivity contribution in [3.63, 3.8) is 0 Å². The molecule has 5 rings (SSSR count). The van der Waals surface area contributed by atoms with Gasteiger partial charge in [0.25, 0.3) is 0 Å². The highest BCUT2D eigenvalue weighted by atomic mass is 35.5. The van der Waals surface area contributed by atoms with Crippen molar-refractivity contribution >= 4 is 28.9 Å². The van der Waals surface area contributed by atoms with Gasteiger partial charge in [0.05, 0.1) is 12.3 Å². The van der Waals surface area contributed by atoms with Crippen molar-refractivity contribution in [2.75, 3.05) is 0 Å². The van der Waals surface area contributed by atoms with E-state index in [0.717, 1.165) is 34.8 Å². The maximum Gasteiger partial charge on any atom is 0.213 e. The largest absolute Gasteiger partial charge is 0.464 e. The van der Waals surface area contributed by atoms with Gasteiger partial charge in [-0.15, -0.1) is 0 Å². The van der Waals surface area contributed by atoms with Crippen LogP contribution in [-0.4, -0.2) is 10.7 Å². The van der Waals surface area contributed by atoms with Gasteiger partial charge in [-0.05, 0) is 42.5 Å². The molecule has 26 heavy (non-hydrogen) atoms. The van der Waals surface area contributed by atoms with Crippen molar-refractivity contribution in [3.05, 3.63) is 87.8 Å². The van der Waals surface area contributed by atoms with Crippen molar-refractivity contribution in [1.82, 2.24) is 5.01 Å². The summed E-state index contributed by atoms with van der Waals surface area (Å²) in [6, 6.07) is 17.2. The third-order valence-electron chi connectivity index (χ3n) is 4.71. The van der Waals surface area contributed by atoms with Crippen LogP contribution in [0.1, 0.15) is 35.6 Å². The van der Waals surface area contributed by atoms with Gasteiger partial charge in [-0.1, -0.05) is 35.3 Å². The number of rotatable bonds is 2. The van der Waals surface area contributed by atoms with Crippen LogP contribution in [0.25, 0.3) is 0 Å². The Bertz CT molecular complexity index is 984. The molecule has 6 heteroatoms.